The Morgan fingerprint density at radius 1 is 0.865 bits per heavy atom. The van der Waals surface area contributed by atoms with Gasteiger partial charge in [0.25, 0.3) is 0 Å². The number of thioether (sulfide) groups is 1. The summed E-state index contributed by atoms with van der Waals surface area (Å²) in [5.74, 6) is 0.657. The first-order valence-electron chi connectivity index (χ1n) is 13.5. The van der Waals surface area contributed by atoms with E-state index in [0.29, 0.717) is 25.1 Å². The van der Waals surface area contributed by atoms with Crippen LogP contribution in [0.2, 0.25) is 0 Å². The number of rotatable bonds is 11. The molecule has 37 heavy (non-hydrogen) atoms. The molecule has 1 aliphatic carbocycles. The number of carbonyl (C=O) groups is 2. The smallest absolute Gasteiger partial charge is 0.243 e. The number of carbonyl (C=O) groups excluding carboxylic acids is 2. The average molecular weight is 515 g/mol. The van der Waals surface area contributed by atoms with Gasteiger partial charge in [0, 0.05) is 36.1 Å². The fourth-order valence-electron chi connectivity index (χ4n) is 4.91. The van der Waals surface area contributed by atoms with Crippen molar-refractivity contribution in [2.75, 3.05) is 5.75 Å². The summed E-state index contributed by atoms with van der Waals surface area (Å²) in [6.07, 6.45) is 6.45. The van der Waals surface area contributed by atoms with Crippen molar-refractivity contribution in [3.05, 3.63) is 102 Å². The van der Waals surface area contributed by atoms with Crippen molar-refractivity contribution >= 4 is 23.6 Å². The predicted octanol–water partition coefficient (Wildman–Crippen LogP) is 6.57. The monoisotopic (exact) mass is 514 g/mol. The number of hydrogen-bond acceptors (Lipinski definition) is 3. The number of aryl methyl sites for hydroxylation is 1. The molecule has 2 amide bonds. The van der Waals surface area contributed by atoms with Gasteiger partial charge in [-0.2, -0.15) is 0 Å². The number of hydrogen-bond donors (Lipinski definition) is 1. The Morgan fingerprint density at radius 2 is 1.49 bits per heavy atom. The van der Waals surface area contributed by atoms with Gasteiger partial charge in [-0.15, -0.1) is 11.8 Å². The van der Waals surface area contributed by atoms with Crippen molar-refractivity contribution in [2.45, 2.75) is 75.4 Å². The molecule has 0 spiro atoms. The number of amides is 2. The Hall–Kier alpha value is -3.05. The molecule has 0 saturated heterocycles. The van der Waals surface area contributed by atoms with Crippen LogP contribution in [0.25, 0.3) is 0 Å². The van der Waals surface area contributed by atoms with Crippen molar-refractivity contribution in [3.63, 3.8) is 0 Å². The van der Waals surface area contributed by atoms with Gasteiger partial charge in [0.1, 0.15) is 6.04 Å². The Bertz CT molecular complexity index is 1110. The van der Waals surface area contributed by atoms with E-state index in [1.165, 1.54) is 12.0 Å². The van der Waals surface area contributed by atoms with E-state index in [4.69, 9.17) is 0 Å². The summed E-state index contributed by atoms with van der Waals surface area (Å²) >= 11 is 1.69. The third kappa shape index (κ3) is 8.50. The lowest BCUT2D eigenvalue weighted by atomic mass is 9.94. The molecule has 194 valence electrons. The Balaban J connectivity index is 1.54. The van der Waals surface area contributed by atoms with E-state index in [1.54, 1.807) is 11.8 Å². The van der Waals surface area contributed by atoms with Crippen LogP contribution in [-0.4, -0.2) is 34.6 Å². The summed E-state index contributed by atoms with van der Waals surface area (Å²) < 4.78 is 0. The Labute approximate surface area is 225 Å². The zero-order chi connectivity index (χ0) is 25.9. The molecule has 1 N–H and O–H groups in total. The second kappa shape index (κ2) is 14.0. The van der Waals surface area contributed by atoms with Crippen LogP contribution in [0, 0.1) is 6.92 Å². The summed E-state index contributed by atoms with van der Waals surface area (Å²) in [7, 11) is 0. The van der Waals surface area contributed by atoms with Gasteiger partial charge in [0.15, 0.2) is 0 Å². The van der Waals surface area contributed by atoms with E-state index in [1.807, 2.05) is 65.6 Å². The summed E-state index contributed by atoms with van der Waals surface area (Å²) in [6.45, 7) is 2.50. The fourth-order valence-corrected chi connectivity index (χ4v) is 5.75. The zero-order valence-electron chi connectivity index (χ0n) is 21.8. The van der Waals surface area contributed by atoms with Crippen LogP contribution in [0.4, 0.5) is 0 Å². The molecule has 3 aromatic rings. The lowest BCUT2D eigenvalue weighted by Crippen LogP contribution is -2.52. The standard InChI is InChI=1S/C32H38N2O2S/c1-25-17-19-29(20-18-25)37-22-21-31(35)34(24-27-13-7-3-8-14-27)30(23-26-11-5-2-6-12-26)32(36)33-28-15-9-4-10-16-28/h2-3,5-8,11-14,17-20,28,30H,4,9-10,15-16,21-24H2,1H3,(H,33,36). The van der Waals surface area contributed by atoms with Gasteiger partial charge in [-0.05, 0) is 43.0 Å². The van der Waals surface area contributed by atoms with E-state index in [2.05, 4.69) is 36.5 Å². The fraction of sp³-hybridized carbons (Fsp3) is 0.375. The maximum absolute atomic E-state index is 13.8. The second-order valence-corrected chi connectivity index (χ2v) is 11.1. The molecule has 0 aromatic heterocycles. The van der Waals surface area contributed by atoms with E-state index < -0.39 is 6.04 Å². The summed E-state index contributed by atoms with van der Waals surface area (Å²) in [6, 6.07) is 28.1. The normalized spacial score (nSPS) is 14.6. The number of nitrogens with one attached hydrogen (secondary N) is 1. The molecule has 1 fully saturated rings. The van der Waals surface area contributed by atoms with Crippen molar-refractivity contribution in [2.24, 2.45) is 0 Å². The van der Waals surface area contributed by atoms with Crippen LogP contribution in [0.5, 0.6) is 0 Å². The minimum atomic E-state index is -0.554. The van der Waals surface area contributed by atoms with Gasteiger partial charge in [-0.1, -0.05) is 97.6 Å². The molecule has 0 heterocycles. The largest absolute Gasteiger partial charge is 0.352 e. The molecule has 4 rings (SSSR count). The molecular formula is C32H38N2O2S. The quantitative estimate of drug-likeness (QED) is 0.295. The van der Waals surface area contributed by atoms with E-state index in [-0.39, 0.29) is 17.9 Å². The average Bonchev–Trinajstić information content (AvgIpc) is 2.93. The van der Waals surface area contributed by atoms with Gasteiger partial charge in [-0.25, -0.2) is 0 Å². The first kappa shape index (κ1) is 27.0. The highest BCUT2D eigenvalue weighted by Crippen LogP contribution is 2.22. The molecule has 4 nitrogen and oxygen atoms in total. The summed E-state index contributed by atoms with van der Waals surface area (Å²) in [5, 5.41) is 3.31. The molecule has 1 aliphatic rings. The predicted molar refractivity (Wildman–Crippen MR) is 152 cm³/mol. The van der Waals surface area contributed by atoms with Gasteiger partial charge >= 0.3 is 0 Å². The third-order valence-electron chi connectivity index (χ3n) is 7.02. The SMILES string of the molecule is Cc1ccc(SCCC(=O)N(Cc2ccccc2)C(Cc2ccccc2)C(=O)NC2CCCCC2)cc1. The molecule has 3 aromatic carbocycles. The van der Waals surface area contributed by atoms with Crippen molar-refractivity contribution in [1.29, 1.82) is 0 Å². The van der Waals surface area contributed by atoms with Gasteiger partial charge in [0.2, 0.25) is 11.8 Å². The highest BCUT2D eigenvalue weighted by molar-refractivity contribution is 7.99. The molecule has 0 aliphatic heterocycles. The van der Waals surface area contributed by atoms with Gasteiger partial charge < -0.3 is 10.2 Å². The van der Waals surface area contributed by atoms with Gasteiger partial charge in [-0.3, -0.25) is 9.59 Å². The Morgan fingerprint density at radius 3 is 2.14 bits per heavy atom. The number of benzene rings is 3. The Kier molecular flexibility index (Phi) is 10.2. The summed E-state index contributed by atoms with van der Waals surface area (Å²) in [4.78, 5) is 30.5. The highest BCUT2D eigenvalue weighted by atomic mass is 32.2. The summed E-state index contributed by atoms with van der Waals surface area (Å²) in [5.41, 5.74) is 3.32. The first-order valence-corrected chi connectivity index (χ1v) is 14.4. The molecule has 1 atom stereocenters. The first-order chi connectivity index (χ1) is 18.1. The van der Waals surface area contributed by atoms with Gasteiger partial charge in [0.05, 0.1) is 0 Å². The zero-order valence-corrected chi connectivity index (χ0v) is 22.6. The van der Waals surface area contributed by atoms with E-state index >= 15 is 0 Å². The van der Waals surface area contributed by atoms with E-state index in [0.717, 1.165) is 41.7 Å². The minimum Gasteiger partial charge on any atom is -0.352 e. The molecule has 1 unspecified atom stereocenters. The molecule has 0 bridgehead atoms. The van der Waals surface area contributed by atoms with Crippen LogP contribution >= 0.6 is 11.8 Å². The molecular weight excluding hydrogens is 476 g/mol. The maximum Gasteiger partial charge on any atom is 0.243 e. The van der Waals surface area contributed by atoms with E-state index in [9.17, 15) is 9.59 Å². The number of nitrogens with zero attached hydrogens (tertiary/aromatic N) is 1. The van der Waals surface area contributed by atoms with Crippen LogP contribution in [0.15, 0.2) is 89.8 Å². The highest BCUT2D eigenvalue weighted by Gasteiger charge is 2.31. The van der Waals surface area contributed by atoms with Crippen LogP contribution in [-0.2, 0) is 22.6 Å². The lowest BCUT2D eigenvalue weighted by molar-refractivity contribution is -0.141. The van der Waals surface area contributed by atoms with Crippen molar-refractivity contribution < 1.29 is 9.59 Å². The van der Waals surface area contributed by atoms with Crippen LogP contribution in [0.3, 0.4) is 0 Å². The second-order valence-electron chi connectivity index (χ2n) is 9.97. The maximum atomic E-state index is 13.8. The van der Waals surface area contributed by atoms with Crippen molar-refractivity contribution in [3.8, 4) is 0 Å². The molecule has 1 saturated carbocycles. The molecule has 5 heteroatoms. The van der Waals surface area contributed by atoms with Crippen LogP contribution in [0.1, 0.15) is 55.2 Å². The van der Waals surface area contributed by atoms with Crippen LogP contribution < -0.4 is 5.32 Å². The lowest BCUT2D eigenvalue weighted by Gasteiger charge is -2.33. The minimum absolute atomic E-state index is 0.0168. The third-order valence-corrected chi connectivity index (χ3v) is 8.04. The topological polar surface area (TPSA) is 49.4 Å². The molecule has 0 radical (unpaired) electrons. The van der Waals surface area contributed by atoms with Crippen molar-refractivity contribution in [1.82, 2.24) is 10.2 Å².